The molecule has 0 spiro atoms. The maximum atomic E-state index is 10.2. The van der Waals surface area contributed by atoms with E-state index in [2.05, 4.69) is 10.6 Å². The van der Waals surface area contributed by atoms with Crippen molar-refractivity contribution in [2.45, 2.75) is 25.2 Å². The van der Waals surface area contributed by atoms with Gasteiger partial charge in [0.1, 0.15) is 6.23 Å². The summed E-state index contributed by atoms with van der Waals surface area (Å²) in [5.74, 6) is -0.0680. The van der Waals surface area contributed by atoms with E-state index in [9.17, 15) is 10.2 Å². The summed E-state index contributed by atoms with van der Waals surface area (Å²) in [5.41, 5.74) is 6.19. The molecular formula is C17H24N4O2. The molecule has 0 radical (unpaired) electrons. The van der Waals surface area contributed by atoms with Gasteiger partial charge in [-0.3, -0.25) is 10.7 Å². The number of rotatable bonds is 8. The van der Waals surface area contributed by atoms with E-state index in [0.717, 1.165) is 16.3 Å². The van der Waals surface area contributed by atoms with Crippen LogP contribution in [0.3, 0.4) is 0 Å². The molecule has 2 aromatic carbocycles. The average Bonchev–Trinajstić information content (AvgIpc) is 2.54. The summed E-state index contributed by atoms with van der Waals surface area (Å²) in [4.78, 5) is 0. The molecule has 2 atom stereocenters. The van der Waals surface area contributed by atoms with Gasteiger partial charge in [0.05, 0.1) is 6.10 Å². The van der Waals surface area contributed by atoms with Gasteiger partial charge in [-0.1, -0.05) is 42.5 Å². The van der Waals surface area contributed by atoms with E-state index in [-0.39, 0.29) is 5.96 Å². The molecule has 23 heavy (non-hydrogen) atoms. The maximum Gasteiger partial charge on any atom is 0.185 e. The number of hydrogen-bond acceptors (Lipinski definition) is 4. The quantitative estimate of drug-likeness (QED) is 0.184. The smallest absolute Gasteiger partial charge is 0.185 e. The molecule has 0 heterocycles. The maximum absolute atomic E-state index is 10.2. The third-order valence-corrected chi connectivity index (χ3v) is 3.70. The highest BCUT2D eigenvalue weighted by atomic mass is 16.3. The molecule has 6 heteroatoms. The van der Waals surface area contributed by atoms with Crippen LogP contribution in [0.25, 0.3) is 10.8 Å². The second kappa shape index (κ2) is 8.47. The Labute approximate surface area is 135 Å². The fraction of sp³-hybridized carbons (Fsp3) is 0.353. The molecule has 2 unspecified atom stereocenters. The van der Waals surface area contributed by atoms with Gasteiger partial charge in [0, 0.05) is 13.0 Å². The molecule has 0 amide bonds. The first kappa shape index (κ1) is 17.2. The Balaban J connectivity index is 1.85. The van der Waals surface area contributed by atoms with Gasteiger partial charge >= 0.3 is 0 Å². The third-order valence-electron chi connectivity index (χ3n) is 3.70. The highest BCUT2D eigenvalue weighted by Crippen LogP contribution is 2.20. The molecule has 6 nitrogen and oxygen atoms in total. The molecule has 0 saturated carbocycles. The lowest BCUT2D eigenvalue weighted by Gasteiger charge is -2.20. The van der Waals surface area contributed by atoms with E-state index >= 15 is 0 Å². The summed E-state index contributed by atoms with van der Waals surface area (Å²) >= 11 is 0. The highest BCUT2D eigenvalue weighted by Gasteiger charge is 2.16. The summed E-state index contributed by atoms with van der Waals surface area (Å²) in [6, 6.07) is 13.9. The minimum absolute atomic E-state index is 0.0680. The molecule has 0 aliphatic heterocycles. The molecule has 0 fully saturated rings. The number of guanidine groups is 1. The minimum Gasteiger partial charge on any atom is -0.389 e. The van der Waals surface area contributed by atoms with Crippen LogP contribution in [-0.4, -0.2) is 41.6 Å². The van der Waals surface area contributed by atoms with Crippen molar-refractivity contribution >= 4 is 16.7 Å². The van der Waals surface area contributed by atoms with E-state index in [1.807, 2.05) is 42.5 Å². The largest absolute Gasteiger partial charge is 0.389 e. The van der Waals surface area contributed by atoms with Gasteiger partial charge in [-0.2, -0.15) is 0 Å². The second-order valence-electron chi connectivity index (χ2n) is 5.50. The van der Waals surface area contributed by atoms with Crippen LogP contribution >= 0.6 is 0 Å². The Bertz CT molecular complexity index is 642. The predicted molar refractivity (Wildman–Crippen MR) is 92.2 cm³/mol. The number of fused-ring (bicyclic) bond motifs is 1. The van der Waals surface area contributed by atoms with Crippen LogP contribution in [0.1, 0.15) is 12.0 Å². The van der Waals surface area contributed by atoms with Crippen molar-refractivity contribution < 1.29 is 10.2 Å². The van der Waals surface area contributed by atoms with Crippen LogP contribution in [-0.2, 0) is 6.42 Å². The summed E-state index contributed by atoms with van der Waals surface area (Å²) in [5, 5.41) is 35.0. The lowest BCUT2D eigenvalue weighted by Crippen LogP contribution is -2.42. The predicted octanol–water partition coefficient (Wildman–Crippen LogP) is 0.524. The Hall–Kier alpha value is -2.15. The van der Waals surface area contributed by atoms with Gasteiger partial charge in [-0.05, 0) is 29.3 Å². The van der Waals surface area contributed by atoms with Gasteiger partial charge in [0.25, 0.3) is 0 Å². The number of hydrogen-bond donors (Lipinski definition) is 6. The van der Waals surface area contributed by atoms with Crippen LogP contribution in [0.4, 0.5) is 0 Å². The Kier molecular flexibility index (Phi) is 6.34. The summed E-state index contributed by atoms with van der Waals surface area (Å²) < 4.78 is 0. The topological polar surface area (TPSA) is 114 Å². The molecule has 0 saturated heterocycles. The van der Waals surface area contributed by atoms with Gasteiger partial charge < -0.3 is 21.3 Å². The lowest BCUT2D eigenvalue weighted by atomic mass is 9.99. The van der Waals surface area contributed by atoms with E-state index in [0.29, 0.717) is 25.9 Å². The second-order valence-corrected chi connectivity index (χ2v) is 5.50. The molecule has 7 N–H and O–H groups in total. The molecular weight excluding hydrogens is 292 g/mol. The van der Waals surface area contributed by atoms with Crippen LogP contribution in [0.2, 0.25) is 0 Å². The van der Waals surface area contributed by atoms with Gasteiger partial charge in [0.2, 0.25) is 0 Å². The van der Waals surface area contributed by atoms with Gasteiger partial charge in [-0.25, -0.2) is 0 Å². The molecule has 0 bridgehead atoms. The monoisotopic (exact) mass is 316 g/mol. The van der Waals surface area contributed by atoms with Gasteiger partial charge in [-0.15, -0.1) is 0 Å². The standard InChI is InChI=1S/C17H24N4O2/c18-17(19)21-10-4-9-20-16(23)15(22)11-13-7-3-6-12-5-1-2-8-14(12)13/h1-3,5-8,15-16,20,22-23H,4,9-11H2,(H4,18,19,21). The third kappa shape index (κ3) is 5.21. The van der Waals surface area contributed by atoms with E-state index in [1.54, 1.807) is 0 Å². The van der Waals surface area contributed by atoms with Crippen molar-refractivity contribution in [1.29, 1.82) is 5.41 Å². The molecule has 0 aromatic heterocycles. The summed E-state index contributed by atoms with van der Waals surface area (Å²) in [6.45, 7) is 1.07. The normalized spacial score (nSPS) is 13.7. The van der Waals surface area contributed by atoms with Crippen molar-refractivity contribution in [1.82, 2.24) is 10.6 Å². The van der Waals surface area contributed by atoms with Crippen LogP contribution in [0, 0.1) is 5.41 Å². The fourth-order valence-electron chi connectivity index (χ4n) is 2.50. The summed E-state index contributed by atoms with van der Waals surface area (Å²) in [6.07, 6.45) is -0.813. The van der Waals surface area contributed by atoms with Crippen LogP contribution < -0.4 is 16.4 Å². The first-order valence-electron chi connectivity index (χ1n) is 7.72. The van der Waals surface area contributed by atoms with E-state index in [1.165, 1.54) is 0 Å². The zero-order valence-corrected chi connectivity index (χ0v) is 13.0. The van der Waals surface area contributed by atoms with Crippen molar-refractivity contribution in [2.75, 3.05) is 13.1 Å². The number of benzene rings is 2. The lowest BCUT2D eigenvalue weighted by molar-refractivity contribution is -0.000696. The fourth-order valence-corrected chi connectivity index (χ4v) is 2.50. The number of aliphatic hydroxyl groups is 2. The van der Waals surface area contributed by atoms with Gasteiger partial charge in [0.15, 0.2) is 5.96 Å². The Morgan fingerprint density at radius 1 is 1.09 bits per heavy atom. The van der Waals surface area contributed by atoms with Crippen molar-refractivity contribution in [3.63, 3.8) is 0 Å². The van der Waals surface area contributed by atoms with Crippen molar-refractivity contribution in [3.8, 4) is 0 Å². The number of nitrogens with two attached hydrogens (primary N) is 1. The Morgan fingerprint density at radius 3 is 2.61 bits per heavy atom. The average molecular weight is 316 g/mol. The van der Waals surface area contributed by atoms with Crippen LogP contribution in [0.5, 0.6) is 0 Å². The van der Waals surface area contributed by atoms with E-state index < -0.39 is 12.3 Å². The first-order valence-corrected chi connectivity index (χ1v) is 7.72. The number of aliphatic hydroxyl groups excluding tert-OH is 2. The Morgan fingerprint density at radius 2 is 1.83 bits per heavy atom. The zero-order valence-electron chi connectivity index (χ0n) is 13.0. The minimum atomic E-state index is -0.994. The van der Waals surface area contributed by atoms with Crippen molar-refractivity contribution in [3.05, 3.63) is 48.0 Å². The molecule has 2 rings (SSSR count). The molecule has 124 valence electrons. The highest BCUT2D eigenvalue weighted by molar-refractivity contribution is 5.85. The molecule has 0 aliphatic carbocycles. The number of nitrogens with one attached hydrogen (secondary N) is 3. The van der Waals surface area contributed by atoms with Crippen molar-refractivity contribution in [2.24, 2.45) is 5.73 Å². The zero-order chi connectivity index (χ0) is 16.7. The van der Waals surface area contributed by atoms with Crippen LogP contribution in [0.15, 0.2) is 42.5 Å². The van der Waals surface area contributed by atoms with E-state index in [4.69, 9.17) is 11.1 Å². The molecule has 0 aliphatic rings. The SMILES string of the molecule is N=C(N)NCCCNC(O)C(O)Cc1cccc2ccccc12. The molecule has 2 aromatic rings. The first-order chi connectivity index (χ1) is 11.1. The summed E-state index contributed by atoms with van der Waals surface area (Å²) in [7, 11) is 0.